The molecular formula is C13H22N4O3S. The van der Waals surface area contributed by atoms with Gasteiger partial charge in [0, 0.05) is 20.2 Å². The van der Waals surface area contributed by atoms with E-state index in [1.807, 2.05) is 6.92 Å². The normalized spacial score (nSPS) is 17.2. The van der Waals surface area contributed by atoms with E-state index in [0.717, 1.165) is 32.2 Å². The first-order chi connectivity index (χ1) is 10.0. The SMILES string of the molecule is CCCNc1ncc(S(=O)(=O)NCC2(OC)CCC2)cn1. The molecule has 118 valence electrons. The minimum atomic E-state index is -3.60. The molecule has 8 heteroatoms. The second-order valence-electron chi connectivity index (χ2n) is 5.23. The van der Waals surface area contributed by atoms with E-state index in [1.54, 1.807) is 7.11 Å². The lowest BCUT2D eigenvalue weighted by atomic mass is 9.80. The smallest absolute Gasteiger partial charge is 0.243 e. The van der Waals surface area contributed by atoms with Crippen LogP contribution in [0.25, 0.3) is 0 Å². The van der Waals surface area contributed by atoms with Crippen LogP contribution in [0.15, 0.2) is 17.3 Å². The number of sulfonamides is 1. The molecular weight excluding hydrogens is 292 g/mol. The van der Waals surface area contributed by atoms with Gasteiger partial charge in [-0.05, 0) is 25.7 Å². The molecule has 0 amide bonds. The molecule has 0 atom stereocenters. The van der Waals surface area contributed by atoms with Crippen molar-refractivity contribution in [1.82, 2.24) is 14.7 Å². The van der Waals surface area contributed by atoms with E-state index in [1.165, 1.54) is 12.4 Å². The monoisotopic (exact) mass is 314 g/mol. The van der Waals surface area contributed by atoms with Crippen LogP contribution >= 0.6 is 0 Å². The molecule has 0 aliphatic heterocycles. The van der Waals surface area contributed by atoms with Crippen LogP contribution in [0.1, 0.15) is 32.6 Å². The van der Waals surface area contributed by atoms with Crippen molar-refractivity contribution >= 4 is 16.0 Å². The predicted molar refractivity (Wildman–Crippen MR) is 79.6 cm³/mol. The summed E-state index contributed by atoms with van der Waals surface area (Å²) in [6, 6.07) is 0. The van der Waals surface area contributed by atoms with Crippen LogP contribution in [0.2, 0.25) is 0 Å². The third kappa shape index (κ3) is 3.90. The summed E-state index contributed by atoms with van der Waals surface area (Å²) in [5, 5.41) is 3.00. The van der Waals surface area contributed by atoms with Crippen molar-refractivity contribution in [1.29, 1.82) is 0 Å². The minimum absolute atomic E-state index is 0.0649. The van der Waals surface area contributed by atoms with Gasteiger partial charge in [0.05, 0.1) is 18.0 Å². The first-order valence-corrected chi connectivity index (χ1v) is 8.60. The fraction of sp³-hybridized carbons (Fsp3) is 0.692. The highest BCUT2D eigenvalue weighted by molar-refractivity contribution is 7.89. The zero-order chi connectivity index (χ0) is 15.3. The fourth-order valence-corrected chi connectivity index (χ4v) is 3.12. The summed E-state index contributed by atoms with van der Waals surface area (Å²) in [7, 11) is -1.98. The molecule has 21 heavy (non-hydrogen) atoms. The van der Waals surface area contributed by atoms with E-state index < -0.39 is 10.0 Å². The molecule has 0 aromatic carbocycles. The summed E-state index contributed by atoms with van der Waals surface area (Å²) >= 11 is 0. The van der Waals surface area contributed by atoms with Crippen LogP contribution in [0, 0.1) is 0 Å². The molecule has 1 aromatic heterocycles. The lowest BCUT2D eigenvalue weighted by molar-refractivity contribution is -0.0659. The fourth-order valence-electron chi connectivity index (χ4n) is 2.12. The lowest BCUT2D eigenvalue weighted by Gasteiger charge is -2.40. The Bertz CT molecular complexity index is 550. The Morgan fingerprint density at radius 1 is 1.33 bits per heavy atom. The summed E-state index contributed by atoms with van der Waals surface area (Å²) in [5.74, 6) is 0.433. The third-order valence-electron chi connectivity index (χ3n) is 3.75. The minimum Gasteiger partial charge on any atom is -0.377 e. The van der Waals surface area contributed by atoms with Gasteiger partial charge in [-0.3, -0.25) is 0 Å². The quantitative estimate of drug-likeness (QED) is 0.747. The number of nitrogens with one attached hydrogen (secondary N) is 2. The van der Waals surface area contributed by atoms with Gasteiger partial charge in [-0.1, -0.05) is 6.92 Å². The maximum atomic E-state index is 12.2. The van der Waals surface area contributed by atoms with Crippen molar-refractivity contribution in [3.05, 3.63) is 12.4 Å². The molecule has 1 aliphatic rings. The molecule has 0 saturated heterocycles. The molecule has 1 fully saturated rings. The second-order valence-corrected chi connectivity index (χ2v) is 7.00. The standard InChI is InChI=1S/C13H22N4O3S/c1-3-7-14-12-15-8-11(9-16-12)21(18,19)17-10-13(20-2)5-4-6-13/h8-9,17H,3-7,10H2,1-2H3,(H,14,15,16). The van der Waals surface area contributed by atoms with Gasteiger partial charge in [-0.25, -0.2) is 23.1 Å². The van der Waals surface area contributed by atoms with E-state index in [2.05, 4.69) is 20.0 Å². The Labute approximate surface area is 125 Å². The summed E-state index contributed by atoms with van der Waals surface area (Å²) in [5.41, 5.74) is -0.351. The van der Waals surface area contributed by atoms with E-state index >= 15 is 0 Å². The first-order valence-electron chi connectivity index (χ1n) is 7.12. The highest BCUT2D eigenvalue weighted by Crippen LogP contribution is 2.34. The van der Waals surface area contributed by atoms with Crippen LogP contribution in [-0.4, -0.2) is 44.2 Å². The Morgan fingerprint density at radius 3 is 2.48 bits per heavy atom. The van der Waals surface area contributed by atoms with Gasteiger partial charge in [-0.15, -0.1) is 0 Å². The Kier molecular flexibility index (Phi) is 5.13. The lowest BCUT2D eigenvalue weighted by Crippen LogP contribution is -2.49. The number of hydrogen-bond donors (Lipinski definition) is 2. The van der Waals surface area contributed by atoms with E-state index in [-0.39, 0.29) is 17.0 Å². The van der Waals surface area contributed by atoms with E-state index in [0.29, 0.717) is 5.95 Å². The van der Waals surface area contributed by atoms with Gasteiger partial charge in [-0.2, -0.15) is 0 Å². The molecule has 0 spiro atoms. The number of methoxy groups -OCH3 is 1. The number of hydrogen-bond acceptors (Lipinski definition) is 6. The average Bonchev–Trinajstić information content (AvgIpc) is 2.45. The Morgan fingerprint density at radius 2 is 2.00 bits per heavy atom. The highest BCUT2D eigenvalue weighted by Gasteiger charge is 2.38. The summed E-state index contributed by atoms with van der Waals surface area (Å²) in [6.07, 6.45) is 6.40. The zero-order valence-electron chi connectivity index (χ0n) is 12.4. The summed E-state index contributed by atoms with van der Waals surface area (Å²) in [6.45, 7) is 3.06. The maximum Gasteiger partial charge on any atom is 0.243 e. The van der Waals surface area contributed by atoms with Gasteiger partial charge in [0.2, 0.25) is 16.0 Å². The first kappa shape index (κ1) is 16.1. The molecule has 0 bridgehead atoms. The molecule has 2 rings (SSSR count). The second kappa shape index (κ2) is 6.67. The molecule has 1 heterocycles. The van der Waals surface area contributed by atoms with Crippen LogP contribution in [0.3, 0.4) is 0 Å². The van der Waals surface area contributed by atoms with Gasteiger partial charge >= 0.3 is 0 Å². The van der Waals surface area contributed by atoms with Crippen LogP contribution < -0.4 is 10.0 Å². The van der Waals surface area contributed by atoms with Gasteiger partial charge in [0.15, 0.2) is 0 Å². The molecule has 2 N–H and O–H groups in total. The number of nitrogens with zero attached hydrogens (tertiary/aromatic N) is 2. The molecule has 7 nitrogen and oxygen atoms in total. The third-order valence-corrected chi connectivity index (χ3v) is 5.11. The number of ether oxygens (including phenoxy) is 1. The largest absolute Gasteiger partial charge is 0.377 e. The number of anilines is 1. The zero-order valence-corrected chi connectivity index (χ0v) is 13.2. The van der Waals surface area contributed by atoms with Crippen molar-refractivity contribution in [3.63, 3.8) is 0 Å². The van der Waals surface area contributed by atoms with Crippen molar-refractivity contribution in [2.24, 2.45) is 0 Å². The average molecular weight is 314 g/mol. The number of aromatic nitrogens is 2. The predicted octanol–water partition coefficient (Wildman–Crippen LogP) is 1.15. The summed E-state index contributed by atoms with van der Waals surface area (Å²) < 4.78 is 32.4. The van der Waals surface area contributed by atoms with E-state index in [9.17, 15) is 8.42 Å². The van der Waals surface area contributed by atoms with Crippen molar-refractivity contribution < 1.29 is 13.2 Å². The Hall–Kier alpha value is -1.25. The Balaban J connectivity index is 1.98. The van der Waals surface area contributed by atoms with E-state index in [4.69, 9.17) is 4.74 Å². The van der Waals surface area contributed by atoms with Crippen molar-refractivity contribution in [3.8, 4) is 0 Å². The van der Waals surface area contributed by atoms with Gasteiger partial charge < -0.3 is 10.1 Å². The van der Waals surface area contributed by atoms with Crippen molar-refractivity contribution in [2.45, 2.75) is 43.1 Å². The molecule has 1 saturated carbocycles. The van der Waals surface area contributed by atoms with Crippen LogP contribution in [-0.2, 0) is 14.8 Å². The molecule has 1 aliphatic carbocycles. The van der Waals surface area contributed by atoms with Crippen LogP contribution in [0.5, 0.6) is 0 Å². The highest BCUT2D eigenvalue weighted by atomic mass is 32.2. The number of rotatable bonds is 8. The molecule has 0 radical (unpaired) electrons. The summed E-state index contributed by atoms with van der Waals surface area (Å²) in [4.78, 5) is 8.08. The maximum absolute atomic E-state index is 12.2. The molecule has 0 unspecified atom stereocenters. The van der Waals surface area contributed by atoms with Gasteiger partial charge in [0.1, 0.15) is 4.90 Å². The van der Waals surface area contributed by atoms with Crippen LogP contribution in [0.4, 0.5) is 5.95 Å². The topological polar surface area (TPSA) is 93.2 Å². The van der Waals surface area contributed by atoms with Crippen molar-refractivity contribution in [2.75, 3.05) is 25.5 Å². The van der Waals surface area contributed by atoms with Gasteiger partial charge in [0.25, 0.3) is 0 Å². The molecule has 1 aromatic rings.